The largest absolute Gasteiger partial charge is 0.491 e. The topological polar surface area (TPSA) is 42.4 Å². The van der Waals surface area contributed by atoms with Crippen LogP contribution in [0.15, 0.2) is 28.9 Å². The number of halogens is 1. The van der Waals surface area contributed by atoms with E-state index in [2.05, 4.69) is 20.9 Å². The first-order chi connectivity index (χ1) is 8.60. The summed E-state index contributed by atoms with van der Waals surface area (Å²) in [6.07, 6.45) is 0.172. The Hall–Kier alpha value is -0.910. The molecule has 1 aromatic carbocycles. The molecule has 96 valence electrons. The second kappa shape index (κ2) is 5.82. The lowest BCUT2D eigenvalue weighted by molar-refractivity contribution is 0.242. The van der Waals surface area contributed by atoms with Crippen molar-refractivity contribution < 1.29 is 9.84 Å². The van der Waals surface area contributed by atoms with Gasteiger partial charge >= 0.3 is 0 Å². The molecule has 0 bridgehead atoms. The Kier molecular flexibility index (Phi) is 4.37. The van der Waals surface area contributed by atoms with Gasteiger partial charge in [-0.3, -0.25) is 0 Å². The molecule has 0 radical (unpaired) electrons. The van der Waals surface area contributed by atoms with Crippen LogP contribution in [0.5, 0.6) is 5.75 Å². The maximum absolute atomic E-state index is 9.14. The van der Waals surface area contributed by atoms with Gasteiger partial charge in [-0.05, 0) is 54.0 Å². The summed E-state index contributed by atoms with van der Waals surface area (Å²) < 4.78 is 6.30. The van der Waals surface area contributed by atoms with E-state index in [0.717, 1.165) is 21.2 Å². The number of hydrogen-bond donors (Lipinski definition) is 1. The van der Waals surface area contributed by atoms with Gasteiger partial charge in [0.05, 0.1) is 17.6 Å². The molecule has 0 saturated heterocycles. The lowest BCUT2D eigenvalue weighted by atomic mass is 10.2. The normalized spacial score (nSPS) is 10.9. The lowest BCUT2D eigenvalue weighted by Crippen LogP contribution is -2.05. The van der Waals surface area contributed by atoms with Crippen molar-refractivity contribution in [1.29, 1.82) is 0 Å². The van der Waals surface area contributed by atoms with Gasteiger partial charge in [0.2, 0.25) is 0 Å². The second-order valence-electron chi connectivity index (χ2n) is 4.08. The molecule has 0 amide bonds. The maximum Gasteiger partial charge on any atom is 0.125 e. The zero-order valence-electron chi connectivity index (χ0n) is 10.2. The Labute approximate surface area is 119 Å². The summed E-state index contributed by atoms with van der Waals surface area (Å²) in [5.41, 5.74) is 1.02. The monoisotopic (exact) mass is 327 g/mol. The number of ether oxygens (including phenoxy) is 1. The highest BCUT2D eigenvalue weighted by Gasteiger charge is 2.09. The third-order valence-corrected chi connectivity index (χ3v) is 4.27. The third kappa shape index (κ3) is 3.10. The maximum atomic E-state index is 9.14. The molecule has 0 saturated carbocycles. The highest BCUT2D eigenvalue weighted by Crippen LogP contribution is 2.31. The van der Waals surface area contributed by atoms with E-state index in [4.69, 9.17) is 9.84 Å². The van der Waals surface area contributed by atoms with Gasteiger partial charge in [0.25, 0.3) is 0 Å². The smallest absolute Gasteiger partial charge is 0.125 e. The van der Waals surface area contributed by atoms with Crippen LogP contribution in [0.1, 0.15) is 18.7 Å². The van der Waals surface area contributed by atoms with Crippen LogP contribution in [-0.4, -0.2) is 16.2 Å². The number of hydrogen-bond acceptors (Lipinski definition) is 4. The number of aliphatic hydroxyl groups excluding tert-OH is 1. The van der Waals surface area contributed by atoms with Crippen LogP contribution < -0.4 is 4.74 Å². The molecule has 0 atom stereocenters. The van der Waals surface area contributed by atoms with E-state index in [1.54, 1.807) is 0 Å². The molecule has 1 aromatic heterocycles. The van der Waals surface area contributed by atoms with Crippen molar-refractivity contribution >= 4 is 27.3 Å². The van der Waals surface area contributed by atoms with Crippen LogP contribution in [0.25, 0.3) is 10.6 Å². The van der Waals surface area contributed by atoms with E-state index < -0.39 is 0 Å². The van der Waals surface area contributed by atoms with Crippen molar-refractivity contribution in [1.82, 2.24) is 4.98 Å². The second-order valence-corrected chi connectivity index (χ2v) is 5.92. The number of nitrogens with zero attached hydrogens (tertiary/aromatic N) is 1. The average Bonchev–Trinajstić information content (AvgIpc) is 2.71. The van der Waals surface area contributed by atoms with Crippen molar-refractivity contribution in [2.75, 3.05) is 0 Å². The van der Waals surface area contributed by atoms with Gasteiger partial charge in [0, 0.05) is 5.56 Å². The summed E-state index contributed by atoms with van der Waals surface area (Å²) in [7, 11) is 0. The molecule has 3 nitrogen and oxygen atoms in total. The van der Waals surface area contributed by atoms with Crippen LogP contribution in [0.3, 0.4) is 0 Å². The lowest BCUT2D eigenvalue weighted by Gasteiger charge is -2.09. The fraction of sp³-hybridized carbons (Fsp3) is 0.308. The molecule has 0 fully saturated rings. The molecule has 1 N–H and O–H groups in total. The predicted molar refractivity (Wildman–Crippen MR) is 76.9 cm³/mol. The molecule has 0 aliphatic rings. The van der Waals surface area contributed by atoms with Gasteiger partial charge in [-0.25, -0.2) is 4.98 Å². The molecule has 0 unspecified atom stereocenters. The van der Waals surface area contributed by atoms with E-state index in [-0.39, 0.29) is 12.7 Å². The van der Waals surface area contributed by atoms with Crippen LogP contribution in [-0.2, 0) is 6.61 Å². The van der Waals surface area contributed by atoms with Crippen molar-refractivity contribution in [2.45, 2.75) is 26.6 Å². The number of aromatic nitrogens is 1. The van der Waals surface area contributed by atoms with Crippen LogP contribution in [0.4, 0.5) is 0 Å². The molecule has 18 heavy (non-hydrogen) atoms. The molecule has 5 heteroatoms. The first-order valence-electron chi connectivity index (χ1n) is 5.63. The molecule has 0 spiro atoms. The van der Waals surface area contributed by atoms with E-state index in [0.29, 0.717) is 4.60 Å². The fourth-order valence-corrected chi connectivity index (χ4v) is 2.98. The summed E-state index contributed by atoms with van der Waals surface area (Å²) in [6.45, 7) is 4.01. The Bertz CT molecular complexity index is 522. The SMILES string of the molecule is CC(C)Oc1ccc(-c2nc(Br)c(CO)s2)cc1. The third-order valence-electron chi connectivity index (χ3n) is 2.27. The number of aliphatic hydroxyl groups is 1. The first kappa shape index (κ1) is 13.5. The Balaban J connectivity index is 2.22. The minimum atomic E-state index is 0.00674. The zero-order chi connectivity index (χ0) is 13.1. The van der Waals surface area contributed by atoms with Crippen LogP contribution in [0, 0.1) is 0 Å². The number of benzene rings is 1. The van der Waals surface area contributed by atoms with E-state index in [9.17, 15) is 0 Å². The summed E-state index contributed by atoms with van der Waals surface area (Å²) in [5, 5.41) is 10.0. The molecule has 2 aromatic rings. The predicted octanol–water partition coefficient (Wildman–Crippen LogP) is 3.85. The van der Waals surface area contributed by atoms with Gasteiger partial charge in [-0.2, -0.15) is 0 Å². The highest BCUT2D eigenvalue weighted by atomic mass is 79.9. The van der Waals surface area contributed by atoms with Gasteiger partial charge in [0.15, 0.2) is 0 Å². The summed E-state index contributed by atoms with van der Waals surface area (Å²) >= 11 is 4.82. The van der Waals surface area contributed by atoms with Gasteiger partial charge in [-0.15, -0.1) is 11.3 Å². The summed E-state index contributed by atoms with van der Waals surface area (Å²) in [5.74, 6) is 0.853. The average molecular weight is 328 g/mol. The highest BCUT2D eigenvalue weighted by molar-refractivity contribution is 9.10. The van der Waals surface area contributed by atoms with E-state index >= 15 is 0 Å². The van der Waals surface area contributed by atoms with E-state index in [1.165, 1.54) is 11.3 Å². The number of rotatable bonds is 4. The van der Waals surface area contributed by atoms with Gasteiger partial charge < -0.3 is 9.84 Å². The zero-order valence-corrected chi connectivity index (χ0v) is 12.6. The standard InChI is InChI=1S/C13H14BrNO2S/c1-8(2)17-10-5-3-9(4-6-10)13-15-12(14)11(7-16)18-13/h3-6,8,16H,7H2,1-2H3. The molecular weight excluding hydrogens is 314 g/mol. The minimum Gasteiger partial charge on any atom is -0.491 e. The van der Waals surface area contributed by atoms with Crippen molar-refractivity contribution in [3.8, 4) is 16.3 Å². The molecule has 0 aliphatic carbocycles. The Morgan fingerprint density at radius 3 is 2.50 bits per heavy atom. The van der Waals surface area contributed by atoms with Gasteiger partial charge in [-0.1, -0.05) is 0 Å². The molecular formula is C13H14BrNO2S. The Morgan fingerprint density at radius 2 is 2.00 bits per heavy atom. The summed E-state index contributed by atoms with van der Waals surface area (Å²) in [6, 6.07) is 7.82. The quantitative estimate of drug-likeness (QED) is 0.927. The number of thiazole rings is 1. The molecule has 0 aliphatic heterocycles. The Morgan fingerprint density at radius 1 is 1.33 bits per heavy atom. The van der Waals surface area contributed by atoms with Crippen LogP contribution >= 0.6 is 27.3 Å². The first-order valence-corrected chi connectivity index (χ1v) is 7.24. The van der Waals surface area contributed by atoms with Crippen LogP contribution in [0.2, 0.25) is 0 Å². The minimum absolute atomic E-state index is 0.00674. The van der Waals surface area contributed by atoms with E-state index in [1.807, 2.05) is 38.1 Å². The van der Waals surface area contributed by atoms with Crippen molar-refractivity contribution in [2.24, 2.45) is 0 Å². The van der Waals surface area contributed by atoms with Gasteiger partial charge in [0.1, 0.15) is 15.4 Å². The van der Waals surface area contributed by atoms with Crippen molar-refractivity contribution in [3.63, 3.8) is 0 Å². The molecule has 2 rings (SSSR count). The fourth-order valence-electron chi connectivity index (χ4n) is 1.50. The molecule has 1 heterocycles. The van der Waals surface area contributed by atoms with Crippen molar-refractivity contribution in [3.05, 3.63) is 33.7 Å². The summed E-state index contributed by atoms with van der Waals surface area (Å²) in [4.78, 5) is 5.22.